The average molecular weight is 310 g/mol. The van der Waals surface area contributed by atoms with E-state index in [1.165, 1.54) is 0 Å². The molecular weight excluding hydrogens is 284 g/mol. The highest BCUT2D eigenvalue weighted by Crippen LogP contribution is 2.20. The van der Waals surface area contributed by atoms with Crippen LogP contribution in [-0.4, -0.2) is 27.3 Å². The summed E-state index contributed by atoms with van der Waals surface area (Å²) in [6.07, 6.45) is 3.70. The highest BCUT2D eigenvalue weighted by molar-refractivity contribution is 7.89. The Morgan fingerprint density at radius 2 is 1.90 bits per heavy atom. The number of hydrogen-bond acceptors (Lipinski definition) is 3. The maximum atomic E-state index is 12.3. The molecule has 0 aliphatic carbocycles. The summed E-state index contributed by atoms with van der Waals surface area (Å²) in [6, 6.07) is 9.67. The number of sulfonamides is 1. The predicted octanol–water partition coefficient (Wildman–Crippen LogP) is 2.45. The number of nitrogens with one attached hydrogen (secondary N) is 2. The molecule has 1 saturated heterocycles. The number of benzene rings is 1. The van der Waals surface area contributed by atoms with E-state index < -0.39 is 10.0 Å². The Bertz CT molecular complexity index is 510. The van der Waals surface area contributed by atoms with E-state index in [1.54, 1.807) is 0 Å². The van der Waals surface area contributed by atoms with E-state index in [-0.39, 0.29) is 11.8 Å². The van der Waals surface area contributed by atoms with Crippen LogP contribution >= 0.6 is 0 Å². The van der Waals surface area contributed by atoms with Crippen LogP contribution < -0.4 is 10.0 Å². The van der Waals surface area contributed by atoms with Crippen molar-refractivity contribution in [2.24, 2.45) is 5.92 Å². The number of piperidine rings is 1. The molecule has 4 nitrogen and oxygen atoms in total. The lowest BCUT2D eigenvalue weighted by Crippen LogP contribution is -2.33. The molecule has 5 heteroatoms. The van der Waals surface area contributed by atoms with Gasteiger partial charge in [-0.3, -0.25) is 0 Å². The largest absolute Gasteiger partial charge is 0.317 e. The van der Waals surface area contributed by atoms with Crippen LogP contribution in [0.25, 0.3) is 0 Å². The van der Waals surface area contributed by atoms with Crippen molar-refractivity contribution in [3.05, 3.63) is 35.9 Å². The SMILES string of the molecule is CCC(NS(=O)(=O)CCC1CCNCC1)c1ccccc1. The Morgan fingerprint density at radius 1 is 1.24 bits per heavy atom. The fourth-order valence-corrected chi connectivity index (χ4v) is 4.34. The number of rotatable bonds is 7. The summed E-state index contributed by atoms with van der Waals surface area (Å²) in [5, 5.41) is 3.31. The Balaban J connectivity index is 1.89. The fraction of sp³-hybridized carbons (Fsp3) is 0.625. The van der Waals surface area contributed by atoms with Crippen molar-refractivity contribution in [3.63, 3.8) is 0 Å². The Hall–Kier alpha value is -0.910. The zero-order valence-electron chi connectivity index (χ0n) is 12.7. The third-order valence-electron chi connectivity index (χ3n) is 4.19. The van der Waals surface area contributed by atoms with E-state index in [4.69, 9.17) is 0 Å². The van der Waals surface area contributed by atoms with Gasteiger partial charge in [0.1, 0.15) is 0 Å². The van der Waals surface area contributed by atoms with Crippen molar-refractivity contribution in [2.45, 2.75) is 38.6 Å². The molecule has 2 rings (SSSR count). The van der Waals surface area contributed by atoms with E-state index in [0.717, 1.165) is 44.3 Å². The second-order valence-electron chi connectivity index (χ2n) is 5.79. The molecule has 21 heavy (non-hydrogen) atoms. The molecule has 0 radical (unpaired) electrons. The third-order valence-corrected chi connectivity index (χ3v) is 5.60. The average Bonchev–Trinajstić information content (AvgIpc) is 2.53. The molecule has 0 spiro atoms. The van der Waals surface area contributed by atoms with Gasteiger partial charge in [0, 0.05) is 6.04 Å². The first-order valence-electron chi connectivity index (χ1n) is 7.86. The molecule has 1 aliphatic rings. The molecule has 1 fully saturated rings. The van der Waals surface area contributed by atoms with Crippen LogP contribution in [0.1, 0.15) is 44.2 Å². The summed E-state index contributed by atoms with van der Waals surface area (Å²) < 4.78 is 27.4. The highest BCUT2D eigenvalue weighted by atomic mass is 32.2. The molecule has 118 valence electrons. The van der Waals surface area contributed by atoms with Crippen molar-refractivity contribution in [3.8, 4) is 0 Å². The van der Waals surface area contributed by atoms with Gasteiger partial charge in [-0.05, 0) is 50.3 Å². The maximum Gasteiger partial charge on any atom is 0.212 e. The van der Waals surface area contributed by atoms with Crippen LogP contribution in [0.4, 0.5) is 0 Å². The Kier molecular flexibility index (Phi) is 6.21. The van der Waals surface area contributed by atoms with Gasteiger partial charge in [0.25, 0.3) is 0 Å². The molecule has 1 aromatic carbocycles. The Morgan fingerprint density at radius 3 is 2.52 bits per heavy atom. The van der Waals surface area contributed by atoms with E-state index in [0.29, 0.717) is 5.92 Å². The van der Waals surface area contributed by atoms with Gasteiger partial charge in [-0.2, -0.15) is 0 Å². The Labute approximate surface area is 128 Å². The van der Waals surface area contributed by atoms with Crippen LogP contribution in [-0.2, 0) is 10.0 Å². The van der Waals surface area contributed by atoms with Crippen LogP contribution in [0.2, 0.25) is 0 Å². The highest BCUT2D eigenvalue weighted by Gasteiger charge is 2.21. The second-order valence-corrected chi connectivity index (χ2v) is 7.66. The molecule has 1 heterocycles. The lowest BCUT2D eigenvalue weighted by molar-refractivity contribution is 0.364. The van der Waals surface area contributed by atoms with E-state index in [2.05, 4.69) is 10.0 Å². The monoisotopic (exact) mass is 310 g/mol. The first-order valence-corrected chi connectivity index (χ1v) is 9.51. The summed E-state index contributed by atoms with van der Waals surface area (Å²) in [4.78, 5) is 0. The van der Waals surface area contributed by atoms with Gasteiger partial charge in [0.2, 0.25) is 10.0 Å². The van der Waals surface area contributed by atoms with E-state index >= 15 is 0 Å². The smallest absolute Gasteiger partial charge is 0.212 e. The molecule has 1 aromatic rings. The standard InChI is InChI=1S/C16H26N2O2S/c1-2-16(15-6-4-3-5-7-15)18-21(19,20)13-10-14-8-11-17-12-9-14/h3-7,14,16-18H,2,8-13H2,1H3. The number of hydrogen-bond donors (Lipinski definition) is 2. The van der Waals surface area contributed by atoms with Crippen LogP contribution in [0.3, 0.4) is 0 Å². The first kappa shape index (κ1) is 16.5. The molecule has 0 bridgehead atoms. The third kappa shape index (κ3) is 5.41. The van der Waals surface area contributed by atoms with Gasteiger partial charge >= 0.3 is 0 Å². The van der Waals surface area contributed by atoms with Gasteiger partial charge in [0.15, 0.2) is 0 Å². The van der Waals surface area contributed by atoms with Crippen LogP contribution in [0.5, 0.6) is 0 Å². The van der Waals surface area contributed by atoms with Gasteiger partial charge in [-0.15, -0.1) is 0 Å². The molecule has 0 aromatic heterocycles. The first-order chi connectivity index (χ1) is 10.1. The van der Waals surface area contributed by atoms with Crippen molar-refractivity contribution in [2.75, 3.05) is 18.8 Å². The minimum Gasteiger partial charge on any atom is -0.317 e. The zero-order chi connectivity index (χ0) is 15.1. The molecule has 1 unspecified atom stereocenters. The molecule has 0 saturated carbocycles. The van der Waals surface area contributed by atoms with Crippen LogP contribution in [0, 0.1) is 5.92 Å². The summed E-state index contributed by atoms with van der Waals surface area (Å²) >= 11 is 0. The minimum absolute atomic E-state index is 0.121. The van der Waals surface area contributed by atoms with Crippen molar-refractivity contribution >= 4 is 10.0 Å². The van der Waals surface area contributed by atoms with Crippen molar-refractivity contribution in [1.29, 1.82) is 0 Å². The minimum atomic E-state index is -3.21. The van der Waals surface area contributed by atoms with Gasteiger partial charge < -0.3 is 5.32 Å². The lowest BCUT2D eigenvalue weighted by atomic mass is 9.96. The topological polar surface area (TPSA) is 58.2 Å². The summed E-state index contributed by atoms with van der Waals surface area (Å²) in [7, 11) is -3.21. The van der Waals surface area contributed by atoms with Gasteiger partial charge in [-0.25, -0.2) is 13.1 Å². The molecule has 1 atom stereocenters. The van der Waals surface area contributed by atoms with Crippen LogP contribution in [0.15, 0.2) is 30.3 Å². The van der Waals surface area contributed by atoms with Gasteiger partial charge in [0.05, 0.1) is 5.75 Å². The van der Waals surface area contributed by atoms with Crippen molar-refractivity contribution in [1.82, 2.24) is 10.0 Å². The van der Waals surface area contributed by atoms with E-state index in [1.807, 2.05) is 37.3 Å². The molecule has 0 amide bonds. The van der Waals surface area contributed by atoms with Gasteiger partial charge in [-0.1, -0.05) is 37.3 Å². The summed E-state index contributed by atoms with van der Waals surface area (Å²) in [5.74, 6) is 0.778. The lowest BCUT2D eigenvalue weighted by Gasteiger charge is -2.23. The van der Waals surface area contributed by atoms with Crippen molar-refractivity contribution < 1.29 is 8.42 Å². The fourth-order valence-electron chi connectivity index (χ4n) is 2.84. The molecule has 1 aliphatic heterocycles. The second kappa shape index (κ2) is 7.92. The summed E-state index contributed by atoms with van der Waals surface area (Å²) in [5.41, 5.74) is 1.03. The normalized spacial score (nSPS) is 18.5. The molecular formula is C16H26N2O2S. The molecule has 2 N–H and O–H groups in total. The quantitative estimate of drug-likeness (QED) is 0.813. The predicted molar refractivity (Wildman–Crippen MR) is 86.6 cm³/mol. The van der Waals surface area contributed by atoms with E-state index in [9.17, 15) is 8.42 Å². The zero-order valence-corrected chi connectivity index (χ0v) is 13.5. The summed E-state index contributed by atoms with van der Waals surface area (Å²) in [6.45, 7) is 4.03. The maximum absolute atomic E-state index is 12.3.